The molecule has 0 bridgehead atoms. The summed E-state index contributed by atoms with van der Waals surface area (Å²) in [7, 11) is 1.56. The maximum Gasteiger partial charge on any atom is 0.291 e. The molecule has 1 aromatic carbocycles. The third-order valence-electron chi connectivity index (χ3n) is 2.76. The molecule has 1 amide bonds. The van der Waals surface area contributed by atoms with Crippen molar-refractivity contribution in [3.63, 3.8) is 0 Å². The van der Waals surface area contributed by atoms with E-state index in [2.05, 4.69) is 15.5 Å². The van der Waals surface area contributed by atoms with Crippen LogP contribution in [-0.4, -0.2) is 24.2 Å². The van der Waals surface area contributed by atoms with Gasteiger partial charge in [-0.2, -0.15) is 5.10 Å². The van der Waals surface area contributed by atoms with Gasteiger partial charge in [-0.15, -0.1) is 0 Å². The second-order valence-electron chi connectivity index (χ2n) is 4.27. The molecule has 0 fully saturated rings. The van der Waals surface area contributed by atoms with Crippen LogP contribution in [0.4, 0.5) is 5.69 Å². The number of benzene rings is 1. The Morgan fingerprint density at radius 3 is 2.78 bits per heavy atom. The van der Waals surface area contributed by atoms with Crippen molar-refractivity contribution in [2.75, 3.05) is 12.8 Å². The van der Waals surface area contributed by atoms with Crippen LogP contribution in [0.5, 0.6) is 5.75 Å². The number of carbonyl (C=O) groups is 1. The van der Waals surface area contributed by atoms with E-state index in [1.165, 1.54) is 6.21 Å². The lowest BCUT2D eigenvalue weighted by atomic mass is 10.2. The van der Waals surface area contributed by atoms with Gasteiger partial charge in [0.1, 0.15) is 10.8 Å². The number of anilines is 1. The number of halogens is 3. The fourth-order valence-electron chi connectivity index (χ4n) is 1.62. The Bertz CT molecular complexity index is 781. The second kappa shape index (κ2) is 7.50. The molecule has 0 aliphatic heterocycles. The minimum Gasteiger partial charge on any atom is -0.497 e. The number of pyridine rings is 1. The van der Waals surface area contributed by atoms with E-state index in [9.17, 15) is 4.79 Å². The molecule has 0 saturated heterocycles. The van der Waals surface area contributed by atoms with Crippen LogP contribution in [0.25, 0.3) is 0 Å². The van der Waals surface area contributed by atoms with Gasteiger partial charge in [0.25, 0.3) is 5.91 Å². The number of methoxy groups -OCH3 is 1. The highest BCUT2D eigenvalue weighted by atomic mass is 35.5. The number of nitrogens with two attached hydrogens (primary N) is 1. The van der Waals surface area contributed by atoms with Crippen LogP contribution in [-0.2, 0) is 0 Å². The minimum atomic E-state index is -0.667. The largest absolute Gasteiger partial charge is 0.497 e. The highest BCUT2D eigenvalue weighted by molar-refractivity contribution is 6.46. The van der Waals surface area contributed by atoms with E-state index >= 15 is 0 Å². The van der Waals surface area contributed by atoms with Crippen molar-refractivity contribution in [1.82, 2.24) is 10.4 Å². The molecular formula is C14H11Cl3N4O2. The summed E-state index contributed by atoms with van der Waals surface area (Å²) in [6.45, 7) is 0. The van der Waals surface area contributed by atoms with Gasteiger partial charge in [-0.05, 0) is 17.7 Å². The van der Waals surface area contributed by atoms with Crippen LogP contribution >= 0.6 is 34.8 Å². The Labute approximate surface area is 147 Å². The number of aromatic nitrogens is 1. The summed E-state index contributed by atoms with van der Waals surface area (Å²) in [4.78, 5) is 15.8. The standard InChI is InChI=1S/C14H11Cl3N4O2/c1-23-8-4-2-3-7(5-8)6-19-21-14(22)12-9(15)11(18)10(16)13(17)20-12/h2-6H,1H3,(H2,18,20)(H,21,22)/b19-6-. The number of rotatable bonds is 4. The average Bonchev–Trinajstić information content (AvgIpc) is 2.56. The number of hydrogen-bond acceptors (Lipinski definition) is 5. The molecule has 2 rings (SSSR count). The molecule has 0 aliphatic carbocycles. The Morgan fingerprint density at radius 2 is 2.09 bits per heavy atom. The van der Waals surface area contributed by atoms with Crippen molar-refractivity contribution in [3.05, 3.63) is 50.7 Å². The predicted octanol–water partition coefficient (Wildman–Crippen LogP) is 3.40. The average molecular weight is 374 g/mol. The lowest BCUT2D eigenvalue weighted by Crippen LogP contribution is -2.20. The summed E-state index contributed by atoms with van der Waals surface area (Å²) in [6.07, 6.45) is 1.44. The topological polar surface area (TPSA) is 89.6 Å². The smallest absolute Gasteiger partial charge is 0.291 e. The van der Waals surface area contributed by atoms with E-state index in [4.69, 9.17) is 45.3 Å². The fourth-order valence-corrected chi connectivity index (χ4v) is 2.22. The zero-order chi connectivity index (χ0) is 17.0. The number of hydrazone groups is 1. The molecule has 0 aliphatic rings. The third kappa shape index (κ3) is 4.04. The first kappa shape index (κ1) is 17.3. The maximum atomic E-state index is 12.0. The minimum absolute atomic E-state index is 0.00639. The molecule has 9 heteroatoms. The molecule has 6 nitrogen and oxygen atoms in total. The van der Waals surface area contributed by atoms with Gasteiger partial charge in [0.2, 0.25) is 0 Å². The lowest BCUT2D eigenvalue weighted by molar-refractivity contribution is 0.0950. The maximum absolute atomic E-state index is 12.0. The van der Waals surface area contributed by atoms with Crippen molar-refractivity contribution in [1.29, 1.82) is 0 Å². The zero-order valence-electron chi connectivity index (χ0n) is 11.8. The van der Waals surface area contributed by atoms with E-state index < -0.39 is 5.91 Å². The molecule has 0 saturated carbocycles. The van der Waals surface area contributed by atoms with E-state index in [-0.39, 0.29) is 26.6 Å². The summed E-state index contributed by atoms with van der Waals surface area (Å²) < 4.78 is 5.09. The van der Waals surface area contributed by atoms with Gasteiger partial charge < -0.3 is 10.5 Å². The molecule has 1 aromatic heterocycles. The second-order valence-corrected chi connectivity index (χ2v) is 5.38. The van der Waals surface area contributed by atoms with E-state index in [0.29, 0.717) is 5.75 Å². The van der Waals surface area contributed by atoms with Crippen molar-refractivity contribution in [2.45, 2.75) is 0 Å². The van der Waals surface area contributed by atoms with Gasteiger partial charge in [0.15, 0.2) is 10.8 Å². The van der Waals surface area contributed by atoms with Gasteiger partial charge in [0.05, 0.1) is 24.0 Å². The first-order valence-electron chi connectivity index (χ1n) is 6.21. The normalized spacial score (nSPS) is 10.8. The van der Waals surface area contributed by atoms with Crippen molar-refractivity contribution >= 4 is 52.6 Å². The molecule has 2 aromatic rings. The summed E-state index contributed by atoms with van der Waals surface area (Å²) in [5.41, 5.74) is 8.49. The summed E-state index contributed by atoms with van der Waals surface area (Å²) in [5, 5.41) is 3.61. The first-order valence-corrected chi connectivity index (χ1v) is 7.35. The highest BCUT2D eigenvalue weighted by Gasteiger charge is 2.19. The number of nitrogens with one attached hydrogen (secondary N) is 1. The number of amides is 1. The van der Waals surface area contributed by atoms with Gasteiger partial charge >= 0.3 is 0 Å². The quantitative estimate of drug-likeness (QED) is 0.488. The molecule has 3 N–H and O–H groups in total. The lowest BCUT2D eigenvalue weighted by Gasteiger charge is -2.07. The Hall–Kier alpha value is -2.02. The van der Waals surface area contributed by atoms with Crippen molar-refractivity contribution in [2.24, 2.45) is 5.10 Å². The van der Waals surface area contributed by atoms with Gasteiger partial charge in [-0.3, -0.25) is 4.79 Å². The highest BCUT2D eigenvalue weighted by Crippen LogP contribution is 2.34. The predicted molar refractivity (Wildman–Crippen MR) is 91.7 cm³/mol. The van der Waals surface area contributed by atoms with Crippen LogP contribution in [0.15, 0.2) is 29.4 Å². The fraction of sp³-hybridized carbons (Fsp3) is 0.0714. The Balaban J connectivity index is 2.15. The molecule has 0 unspecified atom stereocenters. The van der Waals surface area contributed by atoms with Crippen LogP contribution in [0.3, 0.4) is 0 Å². The molecule has 1 heterocycles. The number of nitrogens with zero attached hydrogens (tertiary/aromatic N) is 2. The molecule has 0 spiro atoms. The summed E-state index contributed by atoms with van der Waals surface area (Å²) in [5.74, 6) is 0.00153. The van der Waals surface area contributed by atoms with Gasteiger partial charge in [-0.25, -0.2) is 10.4 Å². The van der Waals surface area contributed by atoms with Crippen LogP contribution < -0.4 is 15.9 Å². The van der Waals surface area contributed by atoms with Gasteiger partial charge in [0, 0.05) is 0 Å². The molecule has 0 atom stereocenters. The number of nitrogen functional groups attached to an aromatic ring is 1. The van der Waals surface area contributed by atoms with E-state index in [0.717, 1.165) is 5.56 Å². The van der Waals surface area contributed by atoms with Crippen LogP contribution in [0, 0.1) is 0 Å². The van der Waals surface area contributed by atoms with Crippen LogP contribution in [0.2, 0.25) is 15.2 Å². The molecule has 23 heavy (non-hydrogen) atoms. The summed E-state index contributed by atoms with van der Waals surface area (Å²) >= 11 is 17.5. The van der Waals surface area contributed by atoms with Gasteiger partial charge in [-0.1, -0.05) is 46.9 Å². The monoisotopic (exact) mass is 372 g/mol. The number of ether oxygens (including phenoxy) is 1. The van der Waals surface area contributed by atoms with E-state index in [1.807, 2.05) is 0 Å². The first-order chi connectivity index (χ1) is 10.9. The van der Waals surface area contributed by atoms with E-state index in [1.54, 1.807) is 31.4 Å². The summed E-state index contributed by atoms with van der Waals surface area (Å²) in [6, 6.07) is 7.12. The van der Waals surface area contributed by atoms with Crippen molar-refractivity contribution in [3.8, 4) is 5.75 Å². The van der Waals surface area contributed by atoms with Crippen LogP contribution in [0.1, 0.15) is 16.1 Å². The Kier molecular flexibility index (Phi) is 5.65. The SMILES string of the molecule is COc1cccc(/C=N\NC(=O)c2nc(Cl)c(Cl)c(N)c2Cl)c1. The van der Waals surface area contributed by atoms with Crippen molar-refractivity contribution < 1.29 is 9.53 Å². The number of hydrogen-bond donors (Lipinski definition) is 2. The molecule has 0 radical (unpaired) electrons. The molecular weight excluding hydrogens is 363 g/mol. The molecule has 120 valence electrons. The zero-order valence-corrected chi connectivity index (χ0v) is 14.1. The third-order valence-corrected chi connectivity index (χ3v) is 3.90. The number of carbonyl (C=O) groups excluding carboxylic acids is 1. The Morgan fingerprint density at radius 1 is 1.35 bits per heavy atom.